The van der Waals surface area contributed by atoms with Gasteiger partial charge in [0.2, 0.25) is 11.8 Å². The zero-order valence-corrected chi connectivity index (χ0v) is 19.8. The molecule has 8 nitrogen and oxygen atoms in total. The molecule has 0 radical (unpaired) electrons. The summed E-state index contributed by atoms with van der Waals surface area (Å²) in [4.78, 5) is 31.9. The average molecular weight is 469 g/mol. The molecule has 1 aliphatic rings. The van der Waals surface area contributed by atoms with Gasteiger partial charge in [-0.1, -0.05) is 17.4 Å². The van der Waals surface area contributed by atoms with Gasteiger partial charge in [0.05, 0.1) is 36.7 Å². The molecule has 174 valence electrons. The summed E-state index contributed by atoms with van der Waals surface area (Å²) in [6.07, 6.45) is 1.41. The Morgan fingerprint density at radius 2 is 1.88 bits per heavy atom. The minimum atomic E-state index is -0.119. The first kappa shape index (κ1) is 23.0. The average Bonchev–Trinajstić information content (AvgIpc) is 3.20. The number of nitrogens with one attached hydrogen (secondary N) is 2. The maximum absolute atomic E-state index is 12.7. The minimum absolute atomic E-state index is 0.00199. The predicted octanol–water partition coefficient (Wildman–Crippen LogP) is 3.91. The number of amides is 2. The van der Waals surface area contributed by atoms with Crippen LogP contribution in [0.5, 0.6) is 11.5 Å². The van der Waals surface area contributed by atoms with Gasteiger partial charge in [0.1, 0.15) is 11.5 Å². The Bertz CT molecular complexity index is 1150. The molecule has 0 saturated carbocycles. The molecule has 9 heteroatoms. The first-order valence-corrected chi connectivity index (χ1v) is 11.7. The largest absolute Gasteiger partial charge is 0.497 e. The highest BCUT2D eigenvalue weighted by Crippen LogP contribution is 2.30. The highest BCUT2D eigenvalue weighted by atomic mass is 32.1. The number of hydrogen-bond donors (Lipinski definition) is 2. The van der Waals surface area contributed by atoms with Gasteiger partial charge in [-0.05, 0) is 62.7 Å². The van der Waals surface area contributed by atoms with E-state index < -0.39 is 0 Å². The van der Waals surface area contributed by atoms with E-state index in [-0.39, 0.29) is 24.3 Å². The Hall–Kier alpha value is -3.17. The van der Waals surface area contributed by atoms with Crippen LogP contribution in [-0.2, 0) is 9.59 Å². The van der Waals surface area contributed by atoms with Gasteiger partial charge in [0.15, 0.2) is 5.13 Å². The number of anilines is 2. The van der Waals surface area contributed by atoms with Crippen molar-refractivity contribution in [3.63, 3.8) is 0 Å². The number of aryl methyl sites for hydroxylation is 1. The van der Waals surface area contributed by atoms with Gasteiger partial charge in [0.25, 0.3) is 0 Å². The monoisotopic (exact) mass is 468 g/mol. The highest BCUT2D eigenvalue weighted by molar-refractivity contribution is 7.22. The molecule has 3 aromatic rings. The number of nitrogens with zero attached hydrogens (tertiary/aromatic N) is 2. The number of carbonyl (C=O) groups is 2. The van der Waals surface area contributed by atoms with Crippen molar-refractivity contribution in [2.45, 2.75) is 19.8 Å². The normalized spacial score (nSPS) is 14.8. The number of methoxy groups -OCH3 is 2. The predicted molar refractivity (Wildman–Crippen MR) is 130 cm³/mol. The third kappa shape index (κ3) is 5.61. The number of hydrogen-bond acceptors (Lipinski definition) is 7. The van der Waals surface area contributed by atoms with Gasteiger partial charge in [-0.2, -0.15) is 0 Å². The van der Waals surface area contributed by atoms with Crippen LogP contribution < -0.4 is 20.1 Å². The summed E-state index contributed by atoms with van der Waals surface area (Å²) < 4.78 is 11.6. The molecule has 1 aliphatic heterocycles. The molecule has 2 amide bonds. The molecule has 0 aliphatic carbocycles. The molecule has 1 saturated heterocycles. The van der Waals surface area contributed by atoms with E-state index in [1.165, 1.54) is 16.9 Å². The number of likely N-dealkylation sites (tertiary alicyclic amines) is 1. The zero-order valence-electron chi connectivity index (χ0n) is 19.0. The molecule has 2 heterocycles. The molecule has 0 spiro atoms. The summed E-state index contributed by atoms with van der Waals surface area (Å²) in [5.41, 5.74) is 2.67. The minimum Gasteiger partial charge on any atom is -0.497 e. The Labute approximate surface area is 196 Å². The van der Waals surface area contributed by atoms with E-state index >= 15 is 0 Å². The van der Waals surface area contributed by atoms with Gasteiger partial charge in [-0.15, -0.1) is 0 Å². The number of benzene rings is 2. The lowest BCUT2D eigenvalue weighted by Crippen LogP contribution is -2.41. The second-order valence-corrected chi connectivity index (χ2v) is 9.17. The summed E-state index contributed by atoms with van der Waals surface area (Å²) >= 11 is 1.49. The lowest BCUT2D eigenvalue weighted by atomic mass is 9.96. The fraction of sp³-hybridized carbons (Fsp3) is 0.375. The van der Waals surface area contributed by atoms with Crippen LogP contribution in [0.15, 0.2) is 36.4 Å². The fourth-order valence-electron chi connectivity index (χ4n) is 3.94. The van der Waals surface area contributed by atoms with Crippen LogP contribution in [-0.4, -0.2) is 55.6 Å². The van der Waals surface area contributed by atoms with Crippen molar-refractivity contribution in [1.82, 2.24) is 9.88 Å². The quantitative estimate of drug-likeness (QED) is 0.546. The number of ether oxygens (including phenoxy) is 2. The Morgan fingerprint density at radius 3 is 2.61 bits per heavy atom. The number of carbonyl (C=O) groups excluding carboxylic acids is 2. The van der Waals surface area contributed by atoms with Crippen LogP contribution in [0.2, 0.25) is 0 Å². The van der Waals surface area contributed by atoms with Gasteiger partial charge in [0, 0.05) is 12.0 Å². The summed E-state index contributed by atoms with van der Waals surface area (Å²) in [6.45, 7) is 3.67. The van der Waals surface area contributed by atoms with Crippen LogP contribution in [0.4, 0.5) is 10.8 Å². The first-order chi connectivity index (χ1) is 15.9. The van der Waals surface area contributed by atoms with E-state index in [9.17, 15) is 9.59 Å². The Balaban J connectivity index is 1.26. The van der Waals surface area contributed by atoms with Gasteiger partial charge in [-0.3, -0.25) is 14.5 Å². The van der Waals surface area contributed by atoms with E-state index in [2.05, 4.69) is 26.6 Å². The summed E-state index contributed by atoms with van der Waals surface area (Å²) in [5, 5.41) is 6.51. The van der Waals surface area contributed by atoms with Gasteiger partial charge >= 0.3 is 0 Å². The van der Waals surface area contributed by atoms with Crippen molar-refractivity contribution < 1.29 is 19.1 Å². The smallest absolute Gasteiger partial charge is 0.238 e. The third-order valence-corrected chi connectivity index (χ3v) is 6.72. The first-order valence-electron chi connectivity index (χ1n) is 10.9. The SMILES string of the molecule is COc1ccc(NC(=O)CN2CCC(C(=O)Nc3nc4ccc(C)cc4s3)CC2)c(OC)c1. The van der Waals surface area contributed by atoms with Crippen LogP contribution in [0, 0.1) is 12.8 Å². The van der Waals surface area contributed by atoms with Crippen molar-refractivity contribution in [3.8, 4) is 11.5 Å². The topological polar surface area (TPSA) is 92.8 Å². The van der Waals surface area contributed by atoms with Crippen LogP contribution in [0.1, 0.15) is 18.4 Å². The van der Waals surface area contributed by atoms with Crippen molar-refractivity contribution in [2.24, 2.45) is 5.92 Å². The number of aromatic nitrogens is 1. The highest BCUT2D eigenvalue weighted by Gasteiger charge is 2.26. The molecular weight excluding hydrogens is 440 g/mol. The Kier molecular flexibility index (Phi) is 7.10. The van der Waals surface area contributed by atoms with Gasteiger partial charge in [-0.25, -0.2) is 4.98 Å². The third-order valence-electron chi connectivity index (χ3n) is 5.78. The molecule has 2 N–H and O–H groups in total. The molecule has 2 aromatic carbocycles. The lowest BCUT2D eigenvalue weighted by molar-refractivity contribution is -0.121. The van der Waals surface area contributed by atoms with E-state index in [1.54, 1.807) is 32.4 Å². The second kappa shape index (κ2) is 10.2. The van der Waals surface area contributed by atoms with Crippen LogP contribution >= 0.6 is 11.3 Å². The summed E-state index contributed by atoms with van der Waals surface area (Å²) in [6, 6.07) is 11.3. The molecule has 33 heavy (non-hydrogen) atoms. The van der Waals surface area contributed by atoms with Crippen molar-refractivity contribution >= 4 is 44.2 Å². The summed E-state index contributed by atoms with van der Waals surface area (Å²) in [5.74, 6) is 0.998. The number of thiazole rings is 1. The molecular formula is C24H28N4O4S. The zero-order chi connectivity index (χ0) is 23.4. The molecule has 4 rings (SSSR count). The van der Waals surface area contributed by atoms with E-state index in [0.717, 1.165) is 10.2 Å². The number of piperidine rings is 1. The Morgan fingerprint density at radius 1 is 1.09 bits per heavy atom. The van der Waals surface area contributed by atoms with E-state index in [0.29, 0.717) is 48.2 Å². The lowest BCUT2D eigenvalue weighted by Gasteiger charge is -2.30. The molecule has 0 bridgehead atoms. The van der Waals surface area contributed by atoms with Crippen molar-refractivity contribution in [1.29, 1.82) is 0 Å². The standard InChI is InChI=1S/C24H28N4O4S/c1-15-4-6-19-21(12-15)33-24(26-19)27-23(30)16-8-10-28(11-9-16)14-22(29)25-18-7-5-17(31-2)13-20(18)32-3/h4-7,12-13,16H,8-11,14H2,1-3H3,(H,25,29)(H,26,27,30). The summed E-state index contributed by atoms with van der Waals surface area (Å²) in [7, 11) is 3.13. The number of fused-ring (bicyclic) bond motifs is 1. The van der Waals surface area contributed by atoms with E-state index in [4.69, 9.17) is 9.47 Å². The van der Waals surface area contributed by atoms with Crippen LogP contribution in [0.25, 0.3) is 10.2 Å². The van der Waals surface area contributed by atoms with Crippen molar-refractivity contribution in [3.05, 3.63) is 42.0 Å². The molecule has 0 atom stereocenters. The van der Waals surface area contributed by atoms with Gasteiger partial charge < -0.3 is 20.1 Å². The molecule has 0 unspecified atom stereocenters. The number of rotatable bonds is 7. The molecule has 1 aromatic heterocycles. The van der Waals surface area contributed by atoms with Crippen LogP contribution in [0.3, 0.4) is 0 Å². The maximum atomic E-state index is 12.7. The van der Waals surface area contributed by atoms with E-state index in [1.807, 2.05) is 19.1 Å². The fourth-order valence-corrected chi connectivity index (χ4v) is 4.91. The second-order valence-electron chi connectivity index (χ2n) is 8.14. The maximum Gasteiger partial charge on any atom is 0.238 e. The van der Waals surface area contributed by atoms with Crippen molar-refractivity contribution in [2.75, 3.05) is 44.5 Å². The molecule has 1 fully saturated rings.